The molecule has 4 rings (SSSR count). The number of alkyl halides is 1. The third-order valence-corrected chi connectivity index (χ3v) is 5.88. The Kier molecular flexibility index (Phi) is 7.14. The number of cyclic esters (lactones) is 1. The van der Waals surface area contributed by atoms with E-state index < -0.39 is 18.1 Å². The van der Waals surface area contributed by atoms with Crippen LogP contribution in [0, 0.1) is 0 Å². The van der Waals surface area contributed by atoms with Crippen LogP contribution in [0.2, 0.25) is 0 Å². The molecule has 0 spiro atoms. The second-order valence-corrected chi connectivity index (χ2v) is 8.33. The van der Waals surface area contributed by atoms with Gasteiger partial charge in [-0.15, -0.1) is 0 Å². The van der Waals surface area contributed by atoms with Crippen LogP contribution >= 0.6 is 0 Å². The van der Waals surface area contributed by atoms with E-state index in [1.165, 1.54) is 18.9 Å². The van der Waals surface area contributed by atoms with Crippen molar-refractivity contribution in [2.75, 3.05) is 20.2 Å². The van der Waals surface area contributed by atoms with Crippen LogP contribution in [-0.2, 0) is 27.4 Å². The zero-order valence-corrected chi connectivity index (χ0v) is 19.2. The number of rotatable bonds is 9. The summed E-state index contributed by atoms with van der Waals surface area (Å²) in [6.45, 7) is 3.19. The molecule has 8 nitrogen and oxygen atoms in total. The third kappa shape index (κ3) is 5.37. The molecule has 2 aromatic rings. The van der Waals surface area contributed by atoms with Gasteiger partial charge in [-0.3, -0.25) is 9.69 Å². The molecule has 0 saturated carbocycles. The van der Waals surface area contributed by atoms with Gasteiger partial charge in [0, 0.05) is 44.0 Å². The van der Waals surface area contributed by atoms with Crippen LogP contribution in [0.15, 0.2) is 65.1 Å². The summed E-state index contributed by atoms with van der Waals surface area (Å²) in [5, 5.41) is 5.97. The molecule has 2 heterocycles. The average Bonchev–Trinajstić information content (AvgIpc) is 3.48. The number of hydrogen-bond acceptors (Lipinski definition) is 6. The second-order valence-electron chi connectivity index (χ2n) is 8.33. The highest BCUT2D eigenvalue weighted by atomic mass is 19.2. The van der Waals surface area contributed by atoms with E-state index in [1.807, 2.05) is 30.3 Å². The lowest BCUT2D eigenvalue weighted by molar-refractivity contribution is -0.119. The smallest absolute Gasteiger partial charge is 0.414 e. The Balaban J connectivity index is 1.44. The number of methoxy groups -OCH3 is 1. The molecule has 1 aliphatic carbocycles. The molecular weight excluding hydrogens is 441 g/mol. The SMILES string of the molecule is COC1(F)CC(N2C[C@H](CNC(C)=O)OC2=O)=CC=C1c1ccc(CNCc2ccoc2)cc1. The maximum absolute atomic E-state index is 15.9. The van der Waals surface area contributed by atoms with Gasteiger partial charge in [0.2, 0.25) is 11.8 Å². The van der Waals surface area contributed by atoms with Crippen LogP contribution in [0.4, 0.5) is 9.18 Å². The molecule has 180 valence electrons. The molecule has 1 unspecified atom stereocenters. The summed E-state index contributed by atoms with van der Waals surface area (Å²) in [4.78, 5) is 24.8. The lowest BCUT2D eigenvalue weighted by Crippen LogP contribution is -2.36. The summed E-state index contributed by atoms with van der Waals surface area (Å²) in [5.74, 6) is -2.30. The van der Waals surface area contributed by atoms with Gasteiger partial charge in [-0.2, -0.15) is 0 Å². The van der Waals surface area contributed by atoms with Gasteiger partial charge in [0.15, 0.2) is 0 Å². The molecule has 2 atom stereocenters. The fraction of sp³-hybridized carbons (Fsp3) is 0.360. The highest BCUT2D eigenvalue weighted by molar-refractivity contribution is 5.77. The largest absolute Gasteiger partial charge is 0.472 e. The molecule has 1 saturated heterocycles. The van der Waals surface area contributed by atoms with E-state index in [0.29, 0.717) is 29.9 Å². The maximum atomic E-state index is 15.9. The van der Waals surface area contributed by atoms with Gasteiger partial charge < -0.3 is 24.5 Å². The second kappa shape index (κ2) is 10.2. The van der Waals surface area contributed by atoms with Gasteiger partial charge >= 0.3 is 6.09 Å². The van der Waals surface area contributed by atoms with Gasteiger partial charge in [-0.25, -0.2) is 9.18 Å². The highest BCUT2D eigenvalue weighted by Crippen LogP contribution is 2.41. The van der Waals surface area contributed by atoms with E-state index in [2.05, 4.69) is 10.6 Å². The van der Waals surface area contributed by atoms with Crippen molar-refractivity contribution in [3.63, 3.8) is 0 Å². The first-order valence-electron chi connectivity index (χ1n) is 11.1. The number of nitrogens with one attached hydrogen (secondary N) is 2. The van der Waals surface area contributed by atoms with E-state index in [9.17, 15) is 9.59 Å². The molecule has 2 amide bonds. The van der Waals surface area contributed by atoms with E-state index >= 15 is 4.39 Å². The zero-order chi connectivity index (χ0) is 24.1. The molecule has 0 radical (unpaired) electrons. The Bertz CT molecular complexity index is 1080. The number of allylic oxidation sites excluding steroid dienone is 2. The van der Waals surface area contributed by atoms with E-state index in [1.54, 1.807) is 24.7 Å². The predicted molar refractivity (Wildman–Crippen MR) is 123 cm³/mol. The standard InChI is InChI=1S/C25H28FN3O5/c1-17(30)28-14-22-15-29(24(31)34-22)21-7-8-23(25(26,11-21)32-2)20-5-3-18(4-6-20)12-27-13-19-9-10-33-16-19/h3-10,16,22,27H,11-15H2,1-2H3,(H,28,30)/t22-,25?/m0/s1. The molecule has 1 fully saturated rings. The molecule has 1 aromatic heterocycles. The molecular formula is C25H28FN3O5. The minimum absolute atomic E-state index is 0.134. The summed E-state index contributed by atoms with van der Waals surface area (Å²) in [7, 11) is 1.31. The average molecular weight is 470 g/mol. The van der Waals surface area contributed by atoms with Gasteiger partial charge in [0.1, 0.15) is 6.10 Å². The lowest BCUT2D eigenvalue weighted by atomic mass is 9.90. The van der Waals surface area contributed by atoms with Crippen molar-refractivity contribution >= 4 is 17.6 Å². The van der Waals surface area contributed by atoms with Crippen LogP contribution in [0.5, 0.6) is 0 Å². The third-order valence-electron chi connectivity index (χ3n) is 5.88. The van der Waals surface area contributed by atoms with Crippen LogP contribution < -0.4 is 10.6 Å². The van der Waals surface area contributed by atoms with E-state index in [0.717, 1.165) is 11.1 Å². The Morgan fingerprint density at radius 3 is 2.65 bits per heavy atom. The molecule has 2 aliphatic rings. The first kappa shape index (κ1) is 23.7. The number of carbonyl (C=O) groups excluding carboxylic acids is 2. The quantitative estimate of drug-likeness (QED) is 0.584. The maximum Gasteiger partial charge on any atom is 0.414 e. The molecule has 9 heteroatoms. The number of carbonyl (C=O) groups is 2. The molecule has 0 bridgehead atoms. The number of amides is 2. The van der Waals surface area contributed by atoms with Gasteiger partial charge in [-0.05, 0) is 23.3 Å². The lowest BCUT2D eigenvalue weighted by Gasteiger charge is -2.32. The molecule has 1 aromatic carbocycles. The number of ether oxygens (including phenoxy) is 2. The number of halogens is 1. The summed E-state index contributed by atoms with van der Waals surface area (Å²) < 4.78 is 31.5. The van der Waals surface area contributed by atoms with E-state index in [4.69, 9.17) is 13.9 Å². The normalized spacial score (nSPS) is 22.3. The van der Waals surface area contributed by atoms with Crippen LogP contribution in [0.3, 0.4) is 0 Å². The fourth-order valence-corrected chi connectivity index (χ4v) is 4.04. The topological polar surface area (TPSA) is 93.0 Å². The first-order chi connectivity index (χ1) is 16.4. The van der Waals surface area contributed by atoms with Crippen molar-refractivity contribution in [3.05, 3.63) is 77.4 Å². The zero-order valence-electron chi connectivity index (χ0n) is 19.2. The van der Waals surface area contributed by atoms with Crippen molar-refractivity contribution in [2.45, 2.75) is 38.4 Å². The van der Waals surface area contributed by atoms with Gasteiger partial charge in [0.25, 0.3) is 0 Å². The predicted octanol–water partition coefficient (Wildman–Crippen LogP) is 3.51. The number of benzene rings is 1. The molecule has 1 aliphatic heterocycles. The van der Waals surface area contributed by atoms with Gasteiger partial charge in [-0.1, -0.05) is 30.3 Å². The first-order valence-corrected chi connectivity index (χ1v) is 11.1. The Morgan fingerprint density at radius 1 is 1.21 bits per heavy atom. The minimum atomic E-state index is -2.10. The van der Waals surface area contributed by atoms with E-state index in [-0.39, 0.29) is 25.4 Å². The van der Waals surface area contributed by atoms with Crippen molar-refractivity contribution in [2.24, 2.45) is 0 Å². The van der Waals surface area contributed by atoms with Gasteiger partial charge in [0.05, 0.1) is 32.0 Å². The number of nitrogens with zero attached hydrogens (tertiary/aromatic N) is 1. The fourth-order valence-electron chi connectivity index (χ4n) is 4.04. The van der Waals surface area contributed by atoms with Crippen molar-refractivity contribution in [1.29, 1.82) is 0 Å². The number of furan rings is 1. The summed E-state index contributed by atoms with van der Waals surface area (Å²) >= 11 is 0. The van der Waals surface area contributed by atoms with Crippen molar-refractivity contribution < 1.29 is 27.9 Å². The molecule has 2 N–H and O–H groups in total. The summed E-state index contributed by atoms with van der Waals surface area (Å²) in [5.41, 5.74) is 3.68. The molecule has 34 heavy (non-hydrogen) atoms. The van der Waals surface area contributed by atoms with Crippen LogP contribution in [-0.4, -0.2) is 49.1 Å². The minimum Gasteiger partial charge on any atom is -0.472 e. The Labute approximate surface area is 197 Å². The monoisotopic (exact) mass is 469 g/mol. The van der Waals surface area contributed by atoms with Crippen molar-refractivity contribution in [3.8, 4) is 0 Å². The Hall–Kier alpha value is -3.43. The number of hydrogen-bond donors (Lipinski definition) is 2. The van der Waals surface area contributed by atoms with Crippen molar-refractivity contribution in [1.82, 2.24) is 15.5 Å². The highest BCUT2D eigenvalue weighted by Gasteiger charge is 2.43. The Morgan fingerprint density at radius 2 is 1.97 bits per heavy atom. The summed E-state index contributed by atoms with van der Waals surface area (Å²) in [6, 6.07) is 9.52. The van der Waals surface area contributed by atoms with Crippen LogP contribution in [0.25, 0.3) is 5.57 Å². The summed E-state index contributed by atoms with van der Waals surface area (Å²) in [6.07, 6.45) is 5.50. The van der Waals surface area contributed by atoms with Crippen LogP contribution in [0.1, 0.15) is 30.0 Å².